The highest BCUT2D eigenvalue weighted by molar-refractivity contribution is 9.10. The molecule has 134 valence electrons. The van der Waals surface area contributed by atoms with Gasteiger partial charge in [-0.2, -0.15) is 4.98 Å². The molecule has 7 heteroatoms. The lowest BCUT2D eigenvalue weighted by atomic mass is 10.2. The van der Waals surface area contributed by atoms with E-state index in [9.17, 15) is 4.39 Å². The summed E-state index contributed by atoms with van der Waals surface area (Å²) in [5.74, 6) is 1.02. The first-order valence-corrected chi connectivity index (χ1v) is 9.28. The number of aromatic nitrogens is 2. The summed E-state index contributed by atoms with van der Waals surface area (Å²) in [6, 6.07) is 14.5. The van der Waals surface area contributed by atoms with E-state index in [0.29, 0.717) is 18.3 Å². The van der Waals surface area contributed by atoms with Gasteiger partial charge in [0.2, 0.25) is 11.7 Å². The van der Waals surface area contributed by atoms with Gasteiger partial charge >= 0.3 is 0 Å². The standard InChI is InChI=1S/C19H18BrFN4O/c20-15-3-1-2-14(12-15)19-22-18(26-23-19)13-24-8-10-25(11-9-24)17-6-4-16(21)5-7-17/h1-7,12H,8-11,13H2. The van der Waals surface area contributed by atoms with Crippen molar-refractivity contribution in [2.45, 2.75) is 6.54 Å². The van der Waals surface area contributed by atoms with Crippen LogP contribution in [0.4, 0.5) is 10.1 Å². The van der Waals surface area contributed by atoms with Crippen molar-refractivity contribution in [1.29, 1.82) is 0 Å². The summed E-state index contributed by atoms with van der Waals surface area (Å²) >= 11 is 3.45. The summed E-state index contributed by atoms with van der Waals surface area (Å²) < 4.78 is 19.4. The Morgan fingerprint density at radius 2 is 1.81 bits per heavy atom. The van der Waals surface area contributed by atoms with Gasteiger partial charge in [0.25, 0.3) is 0 Å². The van der Waals surface area contributed by atoms with Crippen molar-refractivity contribution in [3.05, 3.63) is 64.7 Å². The summed E-state index contributed by atoms with van der Waals surface area (Å²) in [4.78, 5) is 9.06. The average molecular weight is 417 g/mol. The van der Waals surface area contributed by atoms with Crippen molar-refractivity contribution in [2.24, 2.45) is 0 Å². The molecule has 0 N–H and O–H groups in total. The minimum absolute atomic E-state index is 0.204. The van der Waals surface area contributed by atoms with E-state index in [1.54, 1.807) is 0 Å². The molecule has 1 fully saturated rings. The zero-order chi connectivity index (χ0) is 17.9. The molecular weight excluding hydrogens is 399 g/mol. The number of rotatable bonds is 4. The van der Waals surface area contributed by atoms with Crippen LogP contribution in [0.5, 0.6) is 0 Å². The SMILES string of the molecule is Fc1ccc(N2CCN(Cc3nc(-c4cccc(Br)c4)no3)CC2)cc1. The van der Waals surface area contributed by atoms with Crippen LogP contribution in [0.1, 0.15) is 5.89 Å². The van der Waals surface area contributed by atoms with E-state index in [-0.39, 0.29) is 5.82 Å². The number of anilines is 1. The van der Waals surface area contributed by atoms with Crippen LogP contribution in [0, 0.1) is 5.82 Å². The van der Waals surface area contributed by atoms with Gasteiger partial charge < -0.3 is 9.42 Å². The average Bonchev–Trinajstić information content (AvgIpc) is 3.12. The first-order chi connectivity index (χ1) is 12.7. The highest BCUT2D eigenvalue weighted by Crippen LogP contribution is 2.21. The van der Waals surface area contributed by atoms with Gasteiger partial charge in [-0.05, 0) is 36.4 Å². The number of nitrogens with zero attached hydrogens (tertiary/aromatic N) is 4. The highest BCUT2D eigenvalue weighted by Gasteiger charge is 2.20. The largest absolute Gasteiger partial charge is 0.369 e. The molecule has 1 aliphatic heterocycles. The Balaban J connectivity index is 1.35. The topological polar surface area (TPSA) is 45.4 Å². The molecule has 0 bridgehead atoms. The molecule has 0 aliphatic carbocycles. The number of piperazine rings is 1. The first-order valence-electron chi connectivity index (χ1n) is 8.49. The van der Waals surface area contributed by atoms with E-state index in [4.69, 9.17) is 4.52 Å². The van der Waals surface area contributed by atoms with Crippen molar-refractivity contribution in [1.82, 2.24) is 15.0 Å². The zero-order valence-electron chi connectivity index (χ0n) is 14.1. The molecule has 1 aliphatic rings. The number of halogens is 2. The lowest BCUT2D eigenvalue weighted by Gasteiger charge is -2.35. The normalized spacial score (nSPS) is 15.4. The zero-order valence-corrected chi connectivity index (χ0v) is 15.7. The smallest absolute Gasteiger partial charge is 0.241 e. The Labute approximate surface area is 159 Å². The van der Waals surface area contributed by atoms with Gasteiger partial charge in [0.15, 0.2) is 0 Å². The number of hydrogen-bond donors (Lipinski definition) is 0. The maximum absolute atomic E-state index is 13.1. The maximum atomic E-state index is 13.1. The Morgan fingerprint density at radius 1 is 1.04 bits per heavy atom. The molecule has 0 radical (unpaired) electrons. The summed E-state index contributed by atoms with van der Waals surface area (Å²) in [5.41, 5.74) is 1.98. The molecule has 1 aromatic heterocycles. The maximum Gasteiger partial charge on any atom is 0.241 e. The molecular formula is C19H18BrFN4O. The second kappa shape index (κ2) is 7.55. The van der Waals surface area contributed by atoms with Crippen LogP contribution in [0.15, 0.2) is 57.5 Å². The van der Waals surface area contributed by atoms with E-state index in [0.717, 1.165) is 41.9 Å². The predicted molar refractivity (Wildman–Crippen MR) is 101 cm³/mol. The molecule has 1 saturated heterocycles. The second-order valence-corrected chi connectivity index (χ2v) is 7.18. The fraction of sp³-hybridized carbons (Fsp3) is 0.263. The van der Waals surface area contributed by atoms with Gasteiger partial charge in [-0.15, -0.1) is 0 Å². The van der Waals surface area contributed by atoms with Crippen molar-refractivity contribution in [2.75, 3.05) is 31.1 Å². The second-order valence-electron chi connectivity index (χ2n) is 6.26. The molecule has 4 rings (SSSR count). The summed E-state index contributed by atoms with van der Waals surface area (Å²) in [7, 11) is 0. The van der Waals surface area contributed by atoms with Crippen molar-refractivity contribution >= 4 is 21.6 Å². The summed E-state index contributed by atoms with van der Waals surface area (Å²) in [6.07, 6.45) is 0. The molecule has 0 saturated carbocycles. The molecule has 0 atom stereocenters. The van der Waals surface area contributed by atoms with Gasteiger partial charge in [-0.25, -0.2) is 4.39 Å². The lowest BCUT2D eigenvalue weighted by molar-refractivity contribution is 0.215. The molecule has 2 heterocycles. The van der Waals surface area contributed by atoms with Crippen molar-refractivity contribution < 1.29 is 8.91 Å². The fourth-order valence-electron chi connectivity index (χ4n) is 3.07. The minimum atomic E-state index is -0.204. The molecule has 3 aromatic rings. The Bertz CT molecular complexity index is 875. The van der Waals surface area contributed by atoms with Crippen LogP contribution >= 0.6 is 15.9 Å². The van der Waals surface area contributed by atoms with Crippen molar-refractivity contribution in [3.63, 3.8) is 0 Å². The molecule has 2 aromatic carbocycles. The molecule has 5 nitrogen and oxygen atoms in total. The van der Waals surface area contributed by atoms with Gasteiger partial charge in [0.05, 0.1) is 6.54 Å². The predicted octanol–water partition coefficient (Wildman–Crippen LogP) is 3.96. The van der Waals surface area contributed by atoms with Crippen LogP contribution in [0.25, 0.3) is 11.4 Å². The molecule has 0 spiro atoms. The van der Waals surface area contributed by atoms with E-state index in [1.807, 2.05) is 36.4 Å². The van der Waals surface area contributed by atoms with E-state index in [2.05, 4.69) is 35.9 Å². The highest BCUT2D eigenvalue weighted by atomic mass is 79.9. The molecule has 26 heavy (non-hydrogen) atoms. The van der Waals surface area contributed by atoms with Gasteiger partial charge in [-0.1, -0.05) is 33.2 Å². The monoisotopic (exact) mass is 416 g/mol. The van der Waals surface area contributed by atoms with Gasteiger partial charge in [-0.3, -0.25) is 4.90 Å². The molecule has 0 amide bonds. The third-order valence-electron chi connectivity index (χ3n) is 4.47. The summed E-state index contributed by atoms with van der Waals surface area (Å²) in [6.45, 7) is 4.20. The molecule has 0 unspecified atom stereocenters. The van der Waals surface area contributed by atoms with E-state index >= 15 is 0 Å². The van der Waals surface area contributed by atoms with Gasteiger partial charge in [0, 0.05) is 41.9 Å². The Hall–Kier alpha value is -2.25. The lowest BCUT2D eigenvalue weighted by Crippen LogP contribution is -2.46. The van der Waals surface area contributed by atoms with Crippen molar-refractivity contribution in [3.8, 4) is 11.4 Å². The van der Waals surface area contributed by atoms with E-state index in [1.165, 1.54) is 12.1 Å². The minimum Gasteiger partial charge on any atom is -0.369 e. The van der Waals surface area contributed by atoms with Crippen LogP contribution in [0.3, 0.4) is 0 Å². The summed E-state index contributed by atoms with van der Waals surface area (Å²) in [5, 5.41) is 4.08. The van der Waals surface area contributed by atoms with Gasteiger partial charge in [0.1, 0.15) is 5.82 Å². The van der Waals surface area contributed by atoms with Crippen LogP contribution in [0.2, 0.25) is 0 Å². The number of benzene rings is 2. The Kier molecular flexibility index (Phi) is 4.99. The van der Waals surface area contributed by atoms with Crippen LogP contribution < -0.4 is 4.90 Å². The van der Waals surface area contributed by atoms with Crippen LogP contribution in [-0.2, 0) is 6.54 Å². The third-order valence-corrected chi connectivity index (χ3v) is 4.97. The quantitative estimate of drug-likeness (QED) is 0.643. The third kappa shape index (κ3) is 3.94. The Morgan fingerprint density at radius 3 is 2.54 bits per heavy atom. The fourth-order valence-corrected chi connectivity index (χ4v) is 3.47. The van der Waals surface area contributed by atoms with Crippen LogP contribution in [-0.4, -0.2) is 41.2 Å². The van der Waals surface area contributed by atoms with E-state index < -0.39 is 0 Å². The number of hydrogen-bond acceptors (Lipinski definition) is 5. The first kappa shape index (κ1) is 17.2.